The van der Waals surface area contributed by atoms with E-state index in [4.69, 9.17) is 28.4 Å². The Labute approximate surface area is 626 Å². The first-order valence-electron chi connectivity index (χ1n) is 43.4. The molecule has 12 N–H and O–H groups in total. The first-order valence-corrected chi connectivity index (χ1v) is 43.4. The van der Waals surface area contributed by atoms with E-state index in [0.29, 0.717) is 6.42 Å². The summed E-state index contributed by atoms with van der Waals surface area (Å²) in [6.07, 6.45) is 52.2. The van der Waals surface area contributed by atoms with Crippen LogP contribution in [0.4, 0.5) is 0 Å². The smallest absolute Gasteiger partial charge is 0.220 e. The van der Waals surface area contributed by atoms with Gasteiger partial charge >= 0.3 is 0 Å². The Morgan fingerprint density at radius 1 is 0.340 bits per heavy atom. The molecule has 19 heteroatoms. The van der Waals surface area contributed by atoms with Gasteiger partial charge in [0.1, 0.15) is 73.2 Å². The highest BCUT2D eigenvalue weighted by Crippen LogP contribution is 2.34. The number of unbranched alkanes of at least 4 members (excludes halogenated alkanes) is 55. The van der Waals surface area contributed by atoms with E-state index in [1.807, 2.05) is 6.08 Å². The van der Waals surface area contributed by atoms with Crippen LogP contribution >= 0.6 is 0 Å². The zero-order valence-corrected chi connectivity index (χ0v) is 65.6. The maximum atomic E-state index is 13.5. The van der Waals surface area contributed by atoms with E-state index in [1.165, 1.54) is 315 Å². The Bertz CT molecular complexity index is 1910. The molecule has 3 rings (SSSR count). The minimum absolute atomic E-state index is 0.250. The van der Waals surface area contributed by atoms with Crippen molar-refractivity contribution >= 4 is 5.91 Å². The highest BCUT2D eigenvalue weighted by Gasteiger charge is 2.54. The number of rotatable bonds is 71. The third kappa shape index (κ3) is 44.8. The van der Waals surface area contributed by atoms with Gasteiger partial charge in [0.05, 0.1) is 38.6 Å². The average Bonchev–Trinajstić information content (AvgIpc) is 0.782. The Morgan fingerprint density at radius 2 is 0.602 bits per heavy atom. The van der Waals surface area contributed by atoms with Crippen LogP contribution in [0.25, 0.3) is 0 Å². The van der Waals surface area contributed by atoms with Crippen LogP contribution in [-0.2, 0) is 33.2 Å². The van der Waals surface area contributed by atoms with E-state index in [0.717, 1.165) is 44.9 Å². The third-order valence-corrected chi connectivity index (χ3v) is 22.1. The summed E-state index contributed by atoms with van der Waals surface area (Å²) in [5.74, 6) is -0.265. The van der Waals surface area contributed by atoms with Crippen LogP contribution in [0.1, 0.15) is 386 Å². The van der Waals surface area contributed by atoms with Gasteiger partial charge in [-0.25, -0.2) is 0 Å². The molecule has 3 saturated heterocycles. The average molecular weight is 1470 g/mol. The molecule has 19 nitrogen and oxygen atoms in total. The van der Waals surface area contributed by atoms with Gasteiger partial charge in [-0.1, -0.05) is 373 Å². The van der Waals surface area contributed by atoms with E-state index in [1.54, 1.807) is 6.08 Å². The highest BCUT2D eigenvalue weighted by molar-refractivity contribution is 5.76. The molecule has 0 aromatic carbocycles. The fraction of sp³-hybridized carbons (Fsp3) is 0.964. The van der Waals surface area contributed by atoms with Crippen molar-refractivity contribution in [3.63, 3.8) is 0 Å². The van der Waals surface area contributed by atoms with Gasteiger partial charge in [-0.05, 0) is 19.3 Å². The lowest BCUT2D eigenvalue weighted by Crippen LogP contribution is -2.66. The molecule has 103 heavy (non-hydrogen) atoms. The summed E-state index contributed by atoms with van der Waals surface area (Å²) >= 11 is 0. The molecule has 17 atom stereocenters. The predicted octanol–water partition coefficient (Wildman–Crippen LogP) is 15.5. The van der Waals surface area contributed by atoms with E-state index in [-0.39, 0.29) is 18.9 Å². The summed E-state index contributed by atoms with van der Waals surface area (Å²) in [6.45, 7) is 1.82. The first kappa shape index (κ1) is 95.7. The molecule has 610 valence electrons. The van der Waals surface area contributed by atoms with Crippen molar-refractivity contribution in [3.05, 3.63) is 12.2 Å². The summed E-state index contributed by atoms with van der Waals surface area (Å²) < 4.78 is 34.5. The van der Waals surface area contributed by atoms with Crippen molar-refractivity contribution in [2.24, 2.45) is 0 Å². The van der Waals surface area contributed by atoms with Gasteiger partial charge in [-0.3, -0.25) is 4.79 Å². The van der Waals surface area contributed by atoms with Crippen molar-refractivity contribution in [1.29, 1.82) is 0 Å². The summed E-state index contributed by atoms with van der Waals surface area (Å²) in [7, 11) is 0. The highest BCUT2D eigenvalue weighted by atomic mass is 16.8. The Kier molecular flexibility index (Phi) is 60.7. The molecule has 0 aromatic rings. The number of hydrogen-bond donors (Lipinski definition) is 12. The van der Waals surface area contributed by atoms with Gasteiger partial charge in [0, 0.05) is 6.42 Å². The zero-order chi connectivity index (χ0) is 74.6. The summed E-state index contributed by atoms with van der Waals surface area (Å²) in [5, 5.41) is 121. The van der Waals surface area contributed by atoms with Gasteiger partial charge in [-0.15, -0.1) is 0 Å². The third-order valence-electron chi connectivity index (χ3n) is 22.1. The molecular formula is C84H161NO18. The van der Waals surface area contributed by atoms with Crippen LogP contribution < -0.4 is 5.32 Å². The molecule has 3 aliphatic rings. The van der Waals surface area contributed by atoms with Crippen molar-refractivity contribution in [2.75, 3.05) is 26.4 Å². The van der Waals surface area contributed by atoms with Gasteiger partial charge in [0.25, 0.3) is 0 Å². The van der Waals surface area contributed by atoms with Crippen molar-refractivity contribution in [1.82, 2.24) is 5.32 Å². The summed E-state index contributed by atoms with van der Waals surface area (Å²) in [4.78, 5) is 13.5. The molecule has 3 fully saturated rings. The van der Waals surface area contributed by atoms with Crippen LogP contribution in [0, 0.1) is 0 Å². The van der Waals surface area contributed by atoms with Gasteiger partial charge in [0.2, 0.25) is 5.91 Å². The number of aliphatic hydroxyl groups is 11. The van der Waals surface area contributed by atoms with Gasteiger partial charge in [0.15, 0.2) is 18.9 Å². The minimum Gasteiger partial charge on any atom is -0.394 e. The molecule has 0 aromatic heterocycles. The number of aliphatic hydroxyl groups excluding tert-OH is 11. The lowest BCUT2D eigenvalue weighted by molar-refractivity contribution is -0.379. The number of hydrogen-bond acceptors (Lipinski definition) is 18. The predicted molar refractivity (Wildman–Crippen MR) is 411 cm³/mol. The summed E-state index contributed by atoms with van der Waals surface area (Å²) in [6, 6.07) is -0.971. The molecule has 3 aliphatic heterocycles. The quantitative estimate of drug-likeness (QED) is 0.0199. The Hall–Kier alpha value is -1.47. The molecular weight excluding hydrogens is 1310 g/mol. The molecule has 1 amide bonds. The number of ether oxygens (including phenoxy) is 6. The van der Waals surface area contributed by atoms with Crippen LogP contribution in [0.2, 0.25) is 0 Å². The molecule has 0 aliphatic carbocycles. The van der Waals surface area contributed by atoms with Gasteiger partial charge in [-0.2, -0.15) is 0 Å². The van der Waals surface area contributed by atoms with Gasteiger partial charge < -0.3 is 89.9 Å². The maximum Gasteiger partial charge on any atom is 0.220 e. The molecule has 0 saturated carbocycles. The van der Waals surface area contributed by atoms with Crippen molar-refractivity contribution in [2.45, 2.75) is 491 Å². The molecule has 17 unspecified atom stereocenters. The molecule has 0 spiro atoms. The van der Waals surface area contributed by atoms with Crippen molar-refractivity contribution in [3.8, 4) is 0 Å². The van der Waals surface area contributed by atoms with Crippen LogP contribution in [0.15, 0.2) is 12.2 Å². The zero-order valence-electron chi connectivity index (χ0n) is 65.6. The minimum atomic E-state index is -1.98. The Morgan fingerprint density at radius 3 is 0.913 bits per heavy atom. The molecule has 0 radical (unpaired) electrons. The number of nitrogens with one attached hydrogen (secondary N) is 1. The number of carbonyl (C=O) groups is 1. The van der Waals surface area contributed by atoms with E-state index in [9.17, 15) is 61.0 Å². The fourth-order valence-electron chi connectivity index (χ4n) is 15.1. The van der Waals surface area contributed by atoms with E-state index < -0.39 is 124 Å². The Balaban J connectivity index is 1.34. The second-order valence-corrected chi connectivity index (χ2v) is 31.4. The largest absolute Gasteiger partial charge is 0.394 e. The second-order valence-electron chi connectivity index (χ2n) is 31.4. The number of carbonyl (C=O) groups excluding carboxylic acids is 1. The first-order chi connectivity index (χ1) is 50.3. The maximum absolute atomic E-state index is 13.5. The van der Waals surface area contributed by atoms with Crippen LogP contribution in [0.5, 0.6) is 0 Å². The molecule has 3 heterocycles. The van der Waals surface area contributed by atoms with E-state index in [2.05, 4.69) is 19.2 Å². The topological polar surface area (TPSA) is 307 Å². The van der Waals surface area contributed by atoms with Crippen LogP contribution in [-0.4, -0.2) is 193 Å². The van der Waals surface area contributed by atoms with Crippen molar-refractivity contribution < 1.29 is 89.4 Å². The standard InChI is InChI=1S/C84H161NO18/c1-3-5-7-9-11-13-15-17-19-21-23-25-27-29-31-32-33-34-36-38-40-42-44-46-48-50-52-54-56-58-60-62-72(90)85-67(68(89)61-59-57-55-53-51-49-47-45-43-41-39-37-35-30-28-26-24-22-20-18-16-14-12-10-8-6-4-2)66-98-82-78(96)75(93)80(70(64-87)100-82)103-84-79(97)76(94)81(71(65-88)101-84)102-83-77(95)74(92)73(91)69(63-86)99-83/h59,61,67-71,73-84,86-89,91-97H,3-58,60,62-66H2,1-2H3,(H,85,90)/b61-59+. The lowest BCUT2D eigenvalue weighted by atomic mass is 9.96. The number of allylic oxidation sites excluding steroid dienone is 1. The lowest BCUT2D eigenvalue weighted by Gasteiger charge is -2.48. The van der Waals surface area contributed by atoms with E-state index >= 15 is 0 Å². The fourth-order valence-corrected chi connectivity index (χ4v) is 15.1. The monoisotopic (exact) mass is 1470 g/mol. The second kappa shape index (κ2) is 65.3. The number of amides is 1. The van der Waals surface area contributed by atoms with Crippen LogP contribution in [0.3, 0.4) is 0 Å². The summed E-state index contributed by atoms with van der Waals surface area (Å²) in [5.41, 5.74) is 0. The molecule has 0 bridgehead atoms. The SMILES string of the molecule is CCCCCCCCCCCCCCCCCCCCCCCCCCC/C=C/C(O)C(COC1OC(CO)C(OC2OC(CO)C(OC3OC(CO)C(O)C(O)C3O)C(O)C2O)C(O)C1O)NC(=O)CCCCCCCCCCCCCCCCCCCCCCCCCCCCCCCCC. The normalized spacial score (nSPS) is 26.0.